The normalized spacial score (nSPS) is 14.0. The summed E-state index contributed by atoms with van der Waals surface area (Å²) in [6.07, 6.45) is 2.06. The van der Waals surface area contributed by atoms with Crippen LogP contribution in [-0.4, -0.2) is 26.6 Å². The van der Waals surface area contributed by atoms with Crippen LogP contribution in [0.3, 0.4) is 0 Å². The van der Waals surface area contributed by atoms with Gasteiger partial charge in [0, 0.05) is 6.61 Å². The first-order valence-electron chi connectivity index (χ1n) is 7.35. The van der Waals surface area contributed by atoms with Crippen LogP contribution in [0.15, 0.2) is 29.8 Å². The minimum Gasteiger partial charge on any atom is -0.454 e. The Labute approximate surface area is 126 Å². The Morgan fingerprint density at radius 1 is 1.24 bits per heavy atom. The molecule has 116 valence electrons. The van der Waals surface area contributed by atoms with Gasteiger partial charge < -0.3 is 18.9 Å². The predicted octanol–water partition coefficient (Wildman–Crippen LogP) is 3.55. The Morgan fingerprint density at radius 2 is 2.05 bits per heavy atom. The maximum absolute atomic E-state index is 5.65. The summed E-state index contributed by atoms with van der Waals surface area (Å²) in [6, 6.07) is 5.88. The van der Waals surface area contributed by atoms with Crippen LogP contribution in [0.4, 0.5) is 0 Å². The first-order chi connectivity index (χ1) is 10.1. The first kappa shape index (κ1) is 15.9. The highest BCUT2D eigenvalue weighted by molar-refractivity contribution is 5.44. The van der Waals surface area contributed by atoms with Crippen molar-refractivity contribution in [3.63, 3.8) is 0 Å². The third-order valence-electron chi connectivity index (χ3n) is 3.04. The zero-order valence-corrected chi connectivity index (χ0v) is 13.1. The molecule has 0 amide bonds. The van der Waals surface area contributed by atoms with E-state index in [0.717, 1.165) is 23.7 Å². The third kappa shape index (κ3) is 5.40. The zero-order valence-electron chi connectivity index (χ0n) is 13.1. The van der Waals surface area contributed by atoms with Crippen molar-refractivity contribution in [2.45, 2.75) is 27.4 Å². The molecule has 2 rings (SSSR count). The molecule has 1 aliphatic rings. The van der Waals surface area contributed by atoms with Crippen LogP contribution in [0.1, 0.15) is 26.3 Å². The van der Waals surface area contributed by atoms with Gasteiger partial charge in [0.25, 0.3) is 0 Å². The minimum atomic E-state index is 0.304. The lowest BCUT2D eigenvalue weighted by atomic mass is 10.2. The lowest BCUT2D eigenvalue weighted by Crippen LogP contribution is -2.04. The molecule has 21 heavy (non-hydrogen) atoms. The molecule has 4 nitrogen and oxygen atoms in total. The van der Waals surface area contributed by atoms with Crippen LogP contribution in [0.25, 0.3) is 0 Å². The number of rotatable bonds is 8. The van der Waals surface area contributed by atoms with Gasteiger partial charge in [-0.3, -0.25) is 0 Å². The van der Waals surface area contributed by atoms with E-state index in [0.29, 0.717) is 32.5 Å². The maximum Gasteiger partial charge on any atom is 0.231 e. The highest BCUT2D eigenvalue weighted by atomic mass is 16.7. The molecule has 0 unspecified atom stereocenters. The van der Waals surface area contributed by atoms with Crippen LogP contribution in [-0.2, 0) is 16.1 Å². The van der Waals surface area contributed by atoms with Gasteiger partial charge in [0.05, 0.1) is 19.8 Å². The number of benzene rings is 1. The van der Waals surface area contributed by atoms with Gasteiger partial charge in [0.1, 0.15) is 0 Å². The average molecular weight is 292 g/mol. The van der Waals surface area contributed by atoms with Gasteiger partial charge in [-0.25, -0.2) is 0 Å². The monoisotopic (exact) mass is 292 g/mol. The molecule has 1 aliphatic heterocycles. The van der Waals surface area contributed by atoms with Gasteiger partial charge in [-0.05, 0) is 36.1 Å². The Morgan fingerprint density at radius 3 is 2.86 bits per heavy atom. The molecular formula is C17H24O4. The van der Waals surface area contributed by atoms with Crippen molar-refractivity contribution >= 4 is 0 Å². The van der Waals surface area contributed by atoms with Crippen molar-refractivity contribution in [1.29, 1.82) is 0 Å². The van der Waals surface area contributed by atoms with Gasteiger partial charge in [-0.2, -0.15) is 0 Å². The molecule has 0 radical (unpaired) electrons. The second kappa shape index (κ2) is 8.05. The topological polar surface area (TPSA) is 36.9 Å². The van der Waals surface area contributed by atoms with Crippen LogP contribution in [0, 0.1) is 5.92 Å². The molecule has 0 fully saturated rings. The average Bonchev–Trinajstić information content (AvgIpc) is 2.90. The zero-order chi connectivity index (χ0) is 15.1. The fourth-order valence-corrected chi connectivity index (χ4v) is 1.92. The maximum atomic E-state index is 5.65. The van der Waals surface area contributed by atoms with Crippen LogP contribution < -0.4 is 9.47 Å². The van der Waals surface area contributed by atoms with Gasteiger partial charge in [0.15, 0.2) is 11.5 Å². The summed E-state index contributed by atoms with van der Waals surface area (Å²) < 4.78 is 21.8. The largest absolute Gasteiger partial charge is 0.454 e. The molecule has 0 bridgehead atoms. The number of ether oxygens (including phenoxy) is 4. The predicted molar refractivity (Wildman–Crippen MR) is 81.6 cm³/mol. The molecule has 4 heteroatoms. The van der Waals surface area contributed by atoms with Crippen LogP contribution in [0.2, 0.25) is 0 Å². The molecule has 0 saturated heterocycles. The highest BCUT2D eigenvalue weighted by Gasteiger charge is 2.12. The Bertz CT molecular complexity index is 480. The molecule has 1 aromatic rings. The van der Waals surface area contributed by atoms with Crippen molar-refractivity contribution in [2.75, 3.05) is 26.6 Å². The molecule has 0 N–H and O–H groups in total. The SMILES string of the molecule is C/C(=C\COCc1ccc2c(c1)OCO2)COCC(C)C. The second-order valence-corrected chi connectivity index (χ2v) is 5.66. The molecule has 1 aromatic carbocycles. The lowest BCUT2D eigenvalue weighted by molar-refractivity contribution is 0.126. The third-order valence-corrected chi connectivity index (χ3v) is 3.04. The van der Waals surface area contributed by atoms with Crippen molar-refractivity contribution in [3.05, 3.63) is 35.4 Å². The van der Waals surface area contributed by atoms with E-state index in [9.17, 15) is 0 Å². The quantitative estimate of drug-likeness (QED) is 0.542. The van der Waals surface area contributed by atoms with Crippen LogP contribution in [0.5, 0.6) is 11.5 Å². The molecule has 0 atom stereocenters. The molecular weight excluding hydrogens is 268 g/mol. The number of hydrogen-bond donors (Lipinski definition) is 0. The van der Waals surface area contributed by atoms with Crippen molar-refractivity contribution in [1.82, 2.24) is 0 Å². The van der Waals surface area contributed by atoms with E-state index in [4.69, 9.17) is 18.9 Å². The van der Waals surface area contributed by atoms with Crippen LogP contribution >= 0.6 is 0 Å². The standard InChI is InChI=1S/C17H24O4/c1-13(2)9-19-10-14(3)6-7-18-11-15-4-5-16-17(8-15)21-12-20-16/h4-6,8,13H,7,9-12H2,1-3H3/b14-6+. The van der Waals surface area contributed by atoms with E-state index in [1.54, 1.807) is 0 Å². The van der Waals surface area contributed by atoms with Gasteiger partial charge >= 0.3 is 0 Å². The summed E-state index contributed by atoms with van der Waals surface area (Å²) in [7, 11) is 0. The van der Waals surface area contributed by atoms with Crippen molar-refractivity contribution in [3.8, 4) is 11.5 Å². The molecule has 0 aromatic heterocycles. The van der Waals surface area contributed by atoms with Gasteiger partial charge in [-0.15, -0.1) is 0 Å². The van der Waals surface area contributed by atoms with E-state index in [2.05, 4.69) is 26.8 Å². The summed E-state index contributed by atoms with van der Waals surface area (Å²) in [4.78, 5) is 0. The minimum absolute atomic E-state index is 0.304. The van der Waals surface area contributed by atoms with Gasteiger partial charge in [0.2, 0.25) is 6.79 Å². The summed E-state index contributed by atoms with van der Waals surface area (Å²) in [5.41, 5.74) is 2.28. The van der Waals surface area contributed by atoms with E-state index in [1.807, 2.05) is 18.2 Å². The molecule has 0 aliphatic carbocycles. The Balaban J connectivity index is 1.67. The Kier molecular flexibility index (Phi) is 6.08. The van der Waals surface area contributed by atoms with E-state index in [-0.39, 0.29) is 0 Å². The van der Waals surface area contributed by atoms with Crippen molar-refractivity contribution < 1.29 is 18.9 Å². The summed E-state index contributed by atoms with van der Waals surface area (Å²) >= 11 is 0. The summed E-state index contributed by atoms with van der Waals surface area (Å²) in [6.45, 7) is 9.27. The molecule has 0 spiro atoms. The van der Waals surface area contributed by atoms with E-state index in [1.165, 1.54) is 5.57 Å². The smallest absolute Gasteiger partial charge is 0.231 e. The molecule has 0 saturated carbocycles. The first-order valence-corrected chi connectivity index (χ1v) is 7.35. The van der Waals surface area contributed by atoms with E-state index >= 15 is 0 Å². The fourth-order valence-electron chi connectivity index (χ4n) is 1.92. The van der Waals surface area contributed by atoms with Gasteiger partial charge in [-0.1, -0.05) is 26.0 Å². The highest BCUT2D eigenvalue weighted by Crippen LogP contribution is 2.32. The number of fused-ring (bicyclic) bond motifs is 1. The lowest BCUT2D eigenvalue weighted by Gasteiger charge is -2.07. The summed E-state index contributed by atoms with van der Waals surface area (Å²) in [5.74, 6) is 2.17. The second-order valence-electron chi connectivity index (χ2n) is 5.66. The number of hydrogen-bond acceptors (Lipinski definition) is 4. The Hall–Kier alpha value is -1.52. The summed E-state index contributed by atoms with van der Waals surface area (Å²) in [5, 5.41) is 0. The fraction of sp³-hybridized carbons (Fsp3) is 0.529. The van der Waals surface area contributed by atoms with Crippen molar-refractivity contribution in [2.24, 2.45) is 5.92 Å². The molecule has 1 heterocycles. The van der Waals surface area contributed by atoms with E-state index < -0.39 is 0 Å².